The van der Waals surface area contributed by atoms with Crippen molar-refractivity contribution in [2.45, 2.75) is 20.3 Å². The van der Waals surface area contributed by atoms with Crippen LogP contribution in [0, 0.1) is 11.7 Å². The molecule has 3 heteroatoms. The van der Waals surface area contributed by atoms with Crippen molar-refractivity contribution in [3.05, 3.63) is 24.0 Å². The Bertz CT molecular complexity index is 323. The van der Waals surface area contributed by atoms with E-state index in [-0.39, 0.29) is 5.82 Å². The molecule has 0 aromatic heterocycles. The van der Waals surface area contributed by atoms with Crippen LogP contribution >= 0.6 is 0 Å². The molecule has 0 aliphatic rings. The Morgan fingerprint density at radius 3 is 2.60 bits per heavy atom. The van der Waals surface area contributed by atoms with Gasteiger partial charge in [-0.2, -0.15) is 0 Å². The van der Waals surface area contributed by atoms with Crippen molar-refractivity contribution in [1.29, 1.82) is 0 Å². The summed E-state index contributed by atoms with van der Waals surface area (Å²) in [6.07, 6.45) is 1.06. The molecular formula is C12H19FN2. The van der Waals surface area contributed by atoms with Crippen LogP contribution in [0.3, 0.4) is 0 Å². The molecule has 0 amide bonds. The van der Waals surface area contributed by atoms with Gasteiger partial charge in [0.25, 0.3) is 0 Å². The van der Waals surface area contributed by atoms with Gasteiger partial charge in [0.05, 0.1) is 5.69 Å². The summed E-state index contributed by atoms with van der Waals surface area (Å²) in [4.78, 5) is 1.93. The van der Waals surface area contributed by atoms with Gasteiger partial charge in [0.15, 0.2) is 0 Å². The Labute approximate surface area is 90.9 Å². The van der Waals surface area contributed by atoms with Crippen LogP contribution in [0.1, 0.15) is 20.3 Å². The van der Waals surface area contributed by atoms with E-state index in [4.69, 9.17) is 5.73 Å². The van der Waals surface area contributed by atoms with Gasteiger partial charge in [-0.15, -0.1) is 0 Å². The van der Waals surface area contributed by atoms with Crippen molar-refractivity contribution in [1.82, 2.24) is 0 Å². The molecule has 1 rings (SSSR count). The maximum Gasteiger partial charge on any atom is 0.148 e. The fraction of sp³-hybridized carbons (Fsp3) is 0.500. The summed E-state index contributed by atoms with van der Waals surface area (Å²) in [6, 6.07) is 4.82. The molecule has 0 atom stereocenters. The average molecular weight is 210 g/mol. The van der Waals surface area contributed by atoms with E-state index in [0.29, 0.717) is 17.3 Å². The largest absolute Gasteiger partial charge is 0.399 e. The maximum atomic E-state index is 13.5. The fourth-order valence-electron chi connectivity index (χ4n) is 1.41. The maximum absolute atomic E-state index is 13.5. The van der Waals surface area contributed by atoms with Gasteiger partial charge in [-0.25, -0.2) is 4.39 Å². The monoisotopic (exact) mass is 210 g/mol. The summed E-state index contributed by atoms with van der Waals surface area (Å²) in [7, 11) is 1.90. The zero-order valence-electron chi connectivity index (χ0n) is 9.63. The lowest BCUT2D eigenvalue weighted by Crippen LogP contribution is -2.21. The Hall–Kier alpha value is -1.25. The third-order valence-corrected chi connectivity index (χ3v) is 2.42. The normalized spacial score (nSPS) is 10.7. The predicted octanol–water partition coefficient (Wildman–Crippen LogP) is 2.89. The summed E-state index contributed by atoms with van der Waals surface area (Å²) in [6.45, 7) is 5.18. The van der Waals surface area contributed by atoms with Crippen molar-refractivity contribution in [2.24, 2.45) is 5.92 Å². The quantitative estimate of drug-likeness (QED) is 0.774. The Morgan fingerprint density at radius 2 is 2.07 bits per heavy atom. The van der Waals surface area contributed by atoms with Gasteiger partial charge in [-0.1, -0.05) is 13.8 Å². The third kappa shape index (κ3) is 3.42. The van der Waals surface area contributed by atoms with Crippen molar-refractivity contribution in [3.8, 4) is 0 Å². The third-order valence-electron chi connectivity index (χ3n) is 2.42. The molecule has 84 valence electrons. The van der Waals surface area contributed by atoms with Crippen LogP contribution in [0.5, 0.6) is 0 Å². The van der Waals surface area contributed by atoms with Gasteiger partial charge in [0.1, 0.15) is 5.82 Å². The molecule has 0 spiro atoms. The smallest absolute Gasteiger partial charge is 0.148 e. The van der Waals surface area contributed by atoms with Gasteiger partial charge in [-0.3, -0.25) is 0 Å². The highest BCUT2D eigenvalue weighted by molar-refractivity contribution is 5.53. The lowest BCUT2D eigenvalue weighted by atomic mass is 10.1. The number of halogens is 1. The number of nitrogens with two attached hydrogens (primary N) is 1. The molecule has 0 heterocycles. The number of nitrogens with zero attached hydrogens (tertiary/aromatic N) is 1. The number of benzene rings is 1. The highest BCUT2D eigenvalue weighted by atomic mass is 19.1. The highest BCUT2D eigenvalue weighted by Gasteiger charge is 2.07. The van der Waals surface area contributed by atoms with E-state index in [0.717, 1.165) is 13.0 Å². The van der Waals surface area contributed by atoms with Gasteiger partial charge in [0, 0.05) is 19.3 Å². The molecule has 0 fully saturated rings. The van der Waals surface area contributed by atoms with Gasteiger partial charge in [-0.05, 0) is 30.5 Å². The zero-order chi connectivity index (χ0) is 11.4. The van der Waals surface area contributed by atoms with Crippen LogP contribution in [-0.2, 0) is 0 Å². The minimum Gasteiger partial charge on any atom is -0.399 e. The lowest BCUT2D eigenvalue weighted by Gasteiger charge is -2.21. The first-order valence-electron chi connectivity index (χ1n) is 5.27. The van der Waals surface area contributed by atoms with Crippen LogP contribution in [0.2, 0.25) is 0 Å². The molecule has 2 N–H and O–H groups in total. The molecular weight excluding hydrogens is 191 g/mol. The lowest BCUT2D eigenvalue weighted by molar-refractivity contribution is 0.575. The summed E-state index contributed by atoms with van der Waals surface area (Å²) < 4.78 is 13.5. The number of hydrogen-bond acceptors (Lipinski definition) is 2. The van der Waals surface area contributed by atoms with Crippen molar-refractivity contribution >= 4 is 11.4 Å². The summed E-state index contributed by atoms with van der Waals surface area (Å²) in [5.41, 5.74) is 6.57. The Morgan fingerprint density at radius 1 is 1.40 bits per heavy atom. The summed E-state index contributed by atoms with van der Waals surface area (Å²) in [5, 5.41) is 0. The molecule has 0 bridgehead atoms. The molecule has 0 radical (unpaired) electrons. The fourth-order valence-corrected chi connectivity index (χ4v) is 1.41. The second-order valence-electron chi connectivity index (χ2n) is 4.31. The molecule has 0 aliphatic carbocycles. The zero-order valence-corrected chi connectivity index (χ0v) is 9.63. The molecule has 15 heavy (non-hydrogen) atoms. The van der Waals surface area contributed by atoms with E-state index < -0.39 is 0 Å². The second kappa shape index (κ2) is 5.01. The van der Waals surface area contributed by atoms with Gasteiger partial charge >= 0.3 is 0 Å². The molecule has 2 nitrogen and oxygen atoms in total. The average Bonchev–Trinajstić information content (AvgIpc) is 2.14. The predicted molar refractivity (Wildman–Crippen MR) is 63.5 cm³/mol. The second-order valence-corrected chi connectivity index (χ2v) is 4.31. The highest BCUT2D eigenvalue weighted by Crippen LogP contribution is 2.20. The van der Waals surface area contributed by atoms with E-state index in [9.17, 15) is 4.39 Å². The number of nitrogen functional groups attached to an aromatic ring is 1. The number of rotatable bonds is 4. The van der Waals surface area contributed by atoms with Crippen LogP contribution in [-0.4, -0.2) is 13.6 Å². The molecule has 0 saturated heterocycles. The minimum atomic E-state index is -0.249. The van der Waals surface area contributed by atoms with Crippen LogP contribution < -0.4 is 10.6 Å². The summed E-state index contributed by atoms with van der Waals surface area (Å²) in [5.74, 6) is 0.380. The van der Waals surface area contributed by atoms with E-state index in [1.807, 2.05) is 11.9 Å². The van der Waals surface area contributed by atoms with Crippen molar-refractivity contribution < 1.29 is 4.39 Å². The van der Waals surface area contributed by atoms with E-state index >= 15 is 0 Å². The number of anilines is 2. The van der Waals surface area contributed by atoms with E-state index in [2.05, 4.69) is 13.8 Å². The molecule has 0 unspecified atom stereocenters. The van der Waals surface area contributed by atoms with Crippen molar-refractivity contribution in [3.63, 3.8) is 0 Å². The van der Waals surface area contributed by atoms with Crippen LogP contribution in [0.25, 0.3) is 0 Å². The first kappa shape index (κ1) is 11.8. The molecule has 1 aromatic rings. The standard InChI is InChI=1S/C12H19FN2/c1-9(2)6-7-15(3)12-5-4-10(14)8-11(12)13/h4-5,8-9H,6-7,14H2,1-3H3. The van der Waals surface area contributed by atoms with Crippen molar-refractivity contribution in [2.75, 3.05) is 24.2 Å². The molecule has 0 saturated carbocycles. The number of hydrogen-bond donors (Lipinski definition) is 1. The van der Waals surface area contributed by atoms with Crippen LogP contribution in [0.4, 0.5) is 15.8 Å². The first-order valence-corrected chi connectivity index (χ1v) is 5.27. The van der Waals surface area contributed by atoms with Crippen LogP contribution in [0.15, 0.2) is 18.2 Å². The molecule has 0 aliphatic heterocycles. The van der Waals surface area contributed by atoms with E-state index in [1.165, 1.54) is 6.07 Å². The summed E-state index contributed by atoms with van der Waals surface area (Å²) >= 11 is 0. The Kier molecular flexibility index (Phi) is 3.95. The SMILES string of the molecule is CC(C)CCN(C)c1ccc(N)cc1F. The van der Waals surface area contributed by atoms with Gasteiger partial charge < -0.3 is 10.6 Å². The van der Waals surface area contributed by atoms with E-state index in [1.54, 1.807) is 12.1 Å². The minimum absolute atomic E-state index is 0.249. The van der Waals surface area contributed by atoms with Gasteiger partial charge in [0.2, 0.25) is 0 Å². The first-order chi connectivity index (χ1) is 7.00. The topological polar surface area (TPSA) is 29.3 Å². The Balaban J connectivity index is 2.69. The molecule has 1 aromatic carbocycles.